The molecular weight excluding hydrogens is 220 g/mol. The summed E-state index contributed by atoms with van der Waals surface area (Å²) in [6.07, 6.45) is 1.99. The van der Waals surface area contributed by atoms with Crippen molar-refractivity contribution in [2.45, 2.75) is 12.3 Å². The largest absolute Gasteiger partial charge is 0.497 e. The fourth-order valence-electron chi connectivity index (χ4n) is 2.12. The average molecular weight is 238 g/mol. The molecule has 0 bridgehead atoms. The molecule has 0 saturated heterocycles. The van der Waals surface area contributed by atoms with E-state index >= 15 is 0 Å². The van der Waals surface area contributed by atoms with Crippen molar-refractivity contribution in [3.8, 4) is 5.75 Å². The van der Waals surface area contributed by atoms with E-state index < -0.39 is 0 Å². The number of benzene rings is 2. The molecule has 0 radical (unpaired) electrons. The van der Waals surface area contributed by atoms with Crippen LogP contribution >= 0.6 is 0 Å². The van der Waals surface area contributed by atoms with Crippen LogP contribution in [0.4, 0.5) is 0 Å². The molecule has 2 aromatic rings. The van der Waals surface area contributed by atoms with E-state index in [9.17, 15) is 0 Å². The second-order valence-electron chi connectivity index (χ2n) is 4.50. The topological polar surface area (TPSA) is 9.23 Å². The highest BCUT2D eigenvalue weighted by Crippen LogP contribution is 2.33. The molecule has 1 heteroatoms. The number of ether oxygens (including phenoxy) is 1. The first kappa shape index (κ1) is 12.4. The van der Waals surface area contributed by atoms with Crippen LogP contribution in [0.2, 0.25) is 0 Å². The lowest BCUT2D eigenvalue weighted by molar-refractivity contribution is 0.414. The molecule has 0 unspecified atom stereocenters. The van der Waals surface area contributed by atoms with Gasteiger partial charge in [0, 0.05) is 5.41 Å². The van der Waals surface area contributed by atoms with E-state index in [-0.39, 0.29) is 5.41 Å². The van der Waals surface area contributed by atoms with Crippen molar-refractivity contribution in [1.29, 1.82) is 0 Å². The summed E-state index contributed by atoms with van der Waals surface area (Å²) >= 11 is 0. The molecule has 1 nitrogen and oxygen atoms in total. The van der Waals surface area contributed by atoms with Crippen molar-refractivity contribution >= 4 is 0 Å². The molecule has 0 saturated carbocycles. The first-order valence-electron chi connectivity index (χ1n) is 6.04. The maximum absolute atomic E-state index is 5.20. The Kier molecular flexibility index (Phi) is 3.52. The van der Waals surface area contributed by atoms with Gasteiger partial charge in [0.1, 0.15) is 5.75 Å². The van der Waals surface area contributed by atoms with Gasteiger partial charge in [0.2, 0.25) is 0 Å². The Bertz CT molecular complexity index is 513. The predicted molar refractivity (Wildman–Crippen MR) is 76.1 cm³/mol. The van der Waals surface area contributed by atoms with Crippen molar-refractivity contribution in [3.63, 3.8) is 0 Å². The van der Waals surface area contributed by atoms with Crippen LogP contribution in [-0.2, 0) is 5.41 Å². The Labute approximate surface area is 109 Å². The van der Waals surface area contributed by atoms with Gasteiger partial charge in [-0.05, 0) is 30.2 Å². The van der Waals surface area contributed by atoms with Gasteiger partial charge >= 0.3 is 0 Å². The number of allylic oxidation sites excluding steroid dienone is 1. The van der Waals surface area contributed by atoms with E-state index in [4.69, 9.17) is 4.74 Å². The van der Waals surface area contributed by atoms with Crippen molar-refractivity contribution in [2.75, 3.05) is 7.11 Å². The fraction of sp³-hybridized carbons (Fsp3) is 0.176. The van der Waals surface area contributed by atoms with Gasteiger partial charge < -0.3 is 4.74 Å². The zero-order valence-electron chi connectivity index (χ0n) is 10.9. The molecule has 2 rings (SSSR count). The minimum atomic E-state index is -0.173. The maximum atomic E-state index is 5.20. The molecule has 2 aromatic carbocycles. The van der Waals surface area contributed by atoms with E-state index in [1.165, 1.54) is 11.1 Å². The van der Waals surface area contributed by atoms with E-state index in [0.717, 1.165) is 5.75 Å². The third-order valence-corrected chi connectivity index (χ3v) is 3.47. The molecule has 18 heavy (non-hydrogen) atoms. The lowest BCUT2D eigenvalue weighted by Crippen LogP contribution is -2.20. The third-order valence-electron chi connectivity index (χ3n) is 3.47. The zero-order chi connectivity index (χ0) is 13.0. The van der Waals surface area contributed by atoms with Crippen LogP contribution < -0.4 is 4.74 Å². The first-order chi connectivity index (χ1) is 8.70. The van der Waals surface area contributed by atoms with Crippen molar-refractivity contribution in [3.05, 3.63) is 78.4 Å². The molecule has 0 spiro atoms. The molecule has 1 atom stereocenters. The third kappa shape index (κ3) is 2.17. The number of methoxy groups -OCH3 is 1. The van der Waals surface area contributed by atoms with Crippen LogP contribution in [0.1, 0.15) is 18.1 Å². The minimum Gasteiger partial charge on any atom is -0.497 e. The van der Waals surface area contributed by atoms with E-state index in [1.54, 1.807) is 7.11 Å². The average Bonchev–Trinajstić information content (AvgIpc) is 2.47. The second kappa shape index (κ2) is 5.09. The van der Waals surface area contributed by atoms with Gasteiger partial charge in [0.15, 0.2) is 0 Å². The Morgan fingerprint density at radius 3 is 2.00 bits per heavy atom. The summed E-state index contributed by atoms with van der Waals surface area (Å²) in [4.78, 5) is 0. The van der Waals surface area contributed by atoms with Crippen LogP contribution in [0.25, 0.3) is 0 Å². The molecular formula is C17H18O. The van der Waals surface area contributed by atoms with Crippen LogP contribution in [0, 0.1) is 0 Å². The SMILES string of the molecule is C=C[C@@](C)(c1ccccc1)c1ccc(OC)cc1. The molecule has 0 amide bonds. The van der Waals surface area contributed by atoms with Crippen molar-refractivity contribution in [1.82, 2.24) is 0 Å². The second-order valence-corrected chi connectivity index (χ2v) is 4.50. The summed E-state index contributed by atoms with van der Waals surface area (Å²) in [7, 11) is 1.68. The fourth-order valence-corrected chi connectivity index (χ4v) is 2.12. The molecule has 0 aliphatic rings. The van der Waals surface area contributed by atoms with Crippen LogP contribution in [0.15, 0.2) is 67.3 Å². The Hall–Kier alpha value is -2.02. The summed E-state index contributed by atoms with van der Waals surface area (Å²) < 4.78 is 5.20. The summed E-state index contributed by atoms with van der Waals surface area (Å²) in [5.41, 5.74) is 2.28. The molecule has 92 valence electrons. The molecule has 0 aromatic heterocycles. The lowest BCUT2D eigenvalue weighted by atomic mass is 9.76. The zero-order valence-corrected chi connectivity index (χ0v) is 10.9. The Morgan fingerprint density at radius 1 is 0.944 bits per heavy atom. The van der Waals surface area contributed by atoms with Crippen LogP contribution in [-0.4, -0.2) is 7.11 Å². The first-order valence-corrected chi connectivity index (χ1v) is 6.04. The summed E-state index contributed by atoms with van der Waals surface area (Å²) in [5.74, 6) is 0.873. The number of hydrogen-bond acceptors (Lipinski definition) is 1. The summed E-state index contributed by atoms with van der Waals surface area (Å²) in [6.45, 7) is 6.17. The van der Waals surface area contributed by atoms with E-state index in [1.807, 2.05) is 24.3 Å². The lowest BCUT2D eigenvalue weighted by Gasteiger charge is -2.27. The number of rotatable bonds is 4. The number of hydrogen-bond donors (Lipinski definition) is 0. The van der Waals surface area contributed by atoms with E-state index in [0.29, 0.717) is 0 Å². The highest BCUT2D eigenvalue weighted by atomic mass is 16.5. The van der Waals surface area contributed by atoms with Gasteiger partial charge in [0.05, 0.1) is 7.11 Å². The molecule has 0 aliphatic heterocycles. The Balaban J connectivity index is 2.46. The van der Waals surface area contributed by atoms with Gasteiger partial charge in [-0.2, -0.15) is 0 Å². The Morgan fingerprint density at radius 2 is 1.50 bits per heavy atom. The van der Waals surface area contributed by atoms with Gasteiger partial charge in [-0.15, -0.1) is 6.58 Å². The highest BCUT2D eigenvalue weighted by Gasteiger charge is 2.24. The van der Waals surface area contributed by atoms with Crippen LogP contribution in [0.5, 0.6) is 5.75 Å². The van der Waals surface area contributed by atoms with Crippen molar-refractivity contribution in [2.24, 2.45) is 0 Å². The standard InChI is InChI=1S/C17H18O/c1-4-17(2,14-8-6-5-7-9-14)15-10-12-16(18-3)13-11-15/h4-13H,1H2,2-3H3/t17-/m0/s1. The van der Waals surface area contributed by atoms with Gasteiger partial charge in [-0.25, -0.2) is 0 Å². The smallest absolute Gasteiger partial charge is 0.118 e. The minimum absolute atomic E-state index is 0.173. The molecule has 0 aliphatic carbocycles. The molecule has 0 N–H and O–H groups in total. The van der Waals surface area contributed by atoms with Gasteiger partial charge in [-0.3, -0.25) is 0 Å². The molecule has 0 heterocycles. The van der Waals surface area contributed by atoms with Crippen molar-refractivity contribution < 1.29 is 4.74 Å². The molecule has 0 fully saturated rings. The quantitative estimate of drug-likeness (QED) is 0.726. The predicted octanol–water partition coefficient (Wildman–Crippen LogP) is 4.19. The monoisotopic (exact) mass is 238 g/mol. The normalized spacial score (nSPS) is 13.7. The highest BCUT2D eigenvalue weighted by molar-refractivity contribution is 5.44. The van der Waals surface area contributed by atoms with E-state index in [2.05, 4.69) is 49.9 Å². The van der Waals surface area contributed by atoms with Gasteiger partial charge in [-0.1, -0.05) is 48.5 Å². The summed E-state index contributed by atoms with van der Waals surface area (Å²) in [5, 5.41) is 0. The van der Waals surface area contributed by atoms with Crippen LogP contribution in [0.3, 0.4) is 0 Å². The maximum Gasteiger partial charge on any atom is 0.118 e. The summed E-state index contributed by atoms with van der Waals surface area (Å²) in [6, 6.07) is 18.6. The van der Waals surface area contributed by atoms with Gasteiger partial charge in [0.25, 0.3) is 0 Å².